The number of hydrogen-bond acceptors (Lipinski definition) is 4. The Labute approximate surface area is 165 Å². The van der Waals surface area contributed by atoms with E-state index in [-0.39, 0.29) is 11.8 Å². The molecule has 2 N–H and O–H groups in total. The highest BCUT2D eigenvalue weighted by atomic mass is 16.5. The minimum atomic E-state index is -0.594. The Morgan fingerprint density at radius 2 is 1.82 bits per heavy atom. The van der Waals surface area contributed by atoms with Gasteiger partial charge in [-0.2, -0.15) is 0 Å². The maximum Gasteiger partial charge on any atom is 0.234 e. The van der Waals surface area contributed by atoms with E-state index in [0.29, 0.717) is 23.6 Å². The lowest BCUT2D eigenvalue weighted by Gasteiger charge is -2.16. The van der Waals surface area contributed by atoms with E-state index < -0.39 is 5.41 Å². The molecule has 0 aromatic heterocycles. The number of aryl methyl sites for hydroxylation is 1. The molecule has 0 radical (unpaired) electrons. The third-order valence-corrected chi connectivity index (χ3v) is 5.11. The zero-order chi connectivity index (χ0) is 20.3. The fourth-order valence-electron chi connectivity index (χ4n) is 3.36. The van der Waals surface area contributed by atoms with Gasteiger partial charge in [0.1, 0.15) is 0 Å². The van der Waals surface area contributed by atoms with Gasteiger partial charge in [-0.15, -0.1) is 0 Å². The number of rotatable bonds is 7. The molecule has 0 spiro atoms. The van der Waals surface area contributed by atoms with Crippen LogP contribution >= 0.6 is 0 Å². The fraction of sp³-hybridized carbons (Fsp3) is 0.364. The average molecular weight is 382 g/mol. The SMILES string of the molecule is COc1ccc(CCCC(=O)Nc2ccc3c(c2)C(C)(C)C(=O)N3)cc1OC. The molecule has 0 saturated heterocycles. The average Bonchev–Trinajstić information content (AvgIpc) is 2.90. The number of ether oxygens (including phenoxy) is 2. The van der Waals surface area contributed by atoms with Crippen molar-refractivity contribution < 1.29 is 19.1 Å². The Bertz CT molecular complexity index is 905. The summed E-state index contributed by atoms with van der Waals surface area (Å²) in [7, 11) is 3.21. The molecule has 2 amide bonds. The van der Waals surface area contributed by atoms with Crippen molar-refractivity contribution in [2.45, 2.75) is 38.5 Å². The molecule has 0 atom stereocenters. The van der Waals surface area contributed by atoms with Gasteiger partial charge < -0.3 is 20.1 Å². The molecule has 0 bridgehead atoms. The predicted molar refractivity (Wildman–Crippen MR) is 109 cm³/mol. The fourth-order valence-corrected chi connectivity index (χ4v) is 3.36. The molecule has 148 valence electrons. The van der Waals surface area contributed by atoms with Crippen LogP contribution in [-0.2, 0) is 21.4 Å². The van der Waals surface area contributed by atoms with Gasteiger partial charge in [-0.1, -0.05) is 6.07 Å². The molecule has 3 rings (SSSR count). The summed E-state index contributed by atoms with van der Waals surface area (Å²) in [5, 5.41) is 5.80. The van der Waals surface area contributed by atoms with Crippen molar-refractivity contribution in [2.75, 3.05) is 24.9 Å². The first-order chi connectivity index (χ1) is 13.3. The number of methoxy groups -OCH3 is 2. The van der Waals surface area contributed by atoms with Gasteiger partial charge in [0.15, 0.2) is 11.5 Å². The number of benzene rings is 2. The normalized spacial score (nSPS) is 14.2. The molecule has 0 aliphatic carbocycles. The van der Waals surface area contributed by atoms with E-state index in [1.807, 2.05) is 50.2 Å². The van der Waals surface area contributed by atoms with E-state index in [1.165, 1.54) is 0 Å². The van der Waals surface area contributed by atoms with Gasteiger partial charge in [0, 0.05) is 17.8 Å². The summed E-state index contributed by atoms with van der Waals surface area (Å²) in [5.41, 5.74) is 2.92. The van der Waals surface area contributed by atoms with Crippen LogP contribution < -0.4 is 20.1 Å². The highest BCUT2D eigenvalue weighted by Crippen LogP contribution is 2.38. The maximum absolute atomic E-state index is 12.3. The summed E-state index contributed by atoms with van der Waals surface area (Å²) in [6.07, 6.45) is 1.90. The number of amides is 2. The lowest BCUT2D eigenvalue weighted by Crippen LogP contribution is -2.26. The van der Waals surface area contributed by atoms with Crippen molar-refractivity contribution in [1.82, 2.24) is 0 Å². The van der Waals surface area contributed by atoms with E-state index >= 15 is 0 Å². The van der Waals surface area contributed by atoms with Gasteiger partial charge in [-0.3, -0.25) is 9.59 Å². The monoisotopic (exact) mass is 382 g/mol. The van der Waals surface area contributed by atoms with E-state index in [2.05, 4.69) is 10.6 Å². The van der Waals surface area contributed by atoms with Gasteiger partial charge in [0.05, 0.1) is 19.6 Å². The Balaban J connectivity index is 1.56. The standard InChI is InChI=1S/C22H26N2O4/c1-22(2)16-13-15(9-10-17(16)24-21(22)26)23-20(25)7-5-6-14-8-11-18(27-3)19(12-14)28-4/h8-13H,5-7H2,1-4H3,(H,23,25)(H,24,26). The van der Waals surface area contributed by atoms with Crippen molar-refractivity contribution in [2.24, 2.45) is 0 Å². The van der Waals surface area contributed by atoms with Crippen LogP contribution in [-0.4, -0.2) is 26.0 Å². The van der Waals surface area contributed by atoms with Crippen molar-refractivity contribution in [3.8, 4) is 11.5 Å². The summed E-state index contributed by atoms with van der Waals surface area (Å²) in [6, 6.07) is 11.3. The van der Waals surface area contributed by atoms with Crippen LogP contribution in [0.5, 0.6) is 11.5 Å². The zero-order valence-corrected chi connectivity index (χ0v) is 16.7. The highest BCUT2D eigenvalue weighted by molar-refractivity contribution is 6.06. The Kier molecular flexibility index (Phi) is 5.58. The molecule has 1 aliphatic rings. The van der Waals surface area contributed by atoms with Crippen LogP contribution in [0.25, 0.3) is 0 Å². The first-order valence-corrected chi connectivity index (χ1v) is 9.32. The molecular formula is C22H26N2O4. The molecule has 6 heteroatoms. The van der Waals surface area contributed by atoms with Gasteiger partial charge >= 0.3 is 0 Å². The third-order valence-electron chi connectivity index (χ3n) is 5.11. The molecule has 1 aliphatic heterocycles. The van der Waals surface area contributed by atoms with Crippen LogP contribution in [0, 0.1) is 0 Å². The van der Waals surface area contributed by atoms with E-state index in [0.717, 1.165) is 29.7 Å². The molecule has 2 aromatic rings. The Morgan fingerprint density at radius 3 is 2.54 bits per heavy atom. The predicted octanol–water partition coefficient (Wildman–Crippen LogP) is 3.89. The van der Waals surface area contributed by atoms with Gasteiger partial charge in [0.2, 0.25) is 11.8 Å². The molecule has 2 aromatic carbocycles. The van der Waals surface area contributed by atoms with Crippen LogP contribution in [0.15, 0.2) is 36.4 Å². The Morgan fingerprint density at radius 1 is 1.07 bits per heavy atom. The van der Waals surface area contributed by atoms with Crippen LogP contribution in [0.3, 0.4) is 0 Å². The van der Waals surface area contributed by atoms with Gasteiger partial charge in [0.25, 0.3) is 0 Å². The van der Waals surface area contributed by atoms with Crippen LogP contribution in [0.2, 0.25) is 0 Å². The minimum absolute atomic E-state index is 0.0269. The van der Waals surface area contributed by atoms with Crippen LogP contribution in [0.4, 0.5) is 11.4 Å². The van der Waals surface area contributed by atoms with Crippen LogP contribution in [0.1, 0.15) is 37.8 Å². The quantitative estimate of drug-likeness (QED) is 0.762. The summed E-state index contributed by atoms with van der Waals surface area (Å²) < 4.78 is 10.5. The largest absolute Gasteiger partial charge is 0.493 e. The lowest BCUT2D eigenvalue weighted by atomic mass is 9.86. The molecule has 0 unspecified atom stereocenters. The smallest absolute Gasteiger partial charge is 0.234 e. The molecule has 28 heavy (non-hydrogen) atoms. The number of carbonyl (C=O) groups excluding carboxylic acids is 2. The van der Waals surface area contributed by atoms with Gasteiger partial charge in [-0.25, -0.2) is 0 Å². The third kappa shape index (κ3) is 3.96. The molecular weight excluding hydrogens is 356 g/mol. The number of carbonyl (C=O) groups is 2. The van der Waals surface area contributed by atoms with E-state index in [9.17, 15) is 9.59 Å². The molecule has 0 saturated carbocycles. The summed E-state index contributed by atoms with van der Waals surface area (Å²) in [5.74, 6) is 1.31. The van der Waals surface area contributed by atoms with Crippen molar-refractivity contribution >= 4 is 23.2 Å². The lowest BCUT2D eigenvalue weighted by molar-refractivity contribution is -0.119. The van der Waals surface area contributed by atoms with E-state index in [1.54, 1.807) is 14.2 Å². The van der Waals surface area contributed by atoms with E-state index in [4.69, 9.17) is 9.47 Å². The summed E-state index contributed by atoms with van der Waals surface area (Å²) in [4.78, 5) is 24.3. The molecule has 6 nitrogen and oxygen atoms in total. The highest BCUT2D eigenvalue weighted by Gasteiger charge is 2.38. The number of nitrogens with one attached hydrogen (secondary N) is 2. The topological polar surface area (TPSA) is 76.7 Å². The van der Waals surface area contributed by atoms with Crippen molar-refractivity contribution in [3.05, 3.63) is 47.5 Å². The minimum Gasteiger partial charge on any atom is -0.493 e. The molecule has 0 fully saturated rings. The number of fused-ring (bicyclic) bond motifs is 1. The Hall–Kier alpha value is -3.02. The summed E-state index contributed by atoms with van der Waals surface area (Å²) >= 11 is 0. The number of anilines is 2. The number of hydrogen-bond donors (Lipinski definition) is 2. The molecule has 1 heterocycles. The van der Waals surface area contributed by atoms with Crippen molar-refractivity contribution in [3.63, 3.8) is 0 Å². The summed E-state index contributed by atoms with van der Waals surface area (Å²) in [6.45, 7) is 3.76. The zero-order valence-electron chi connectivity index (χ0n) is 16.7. The second-order valence-electron chi connectivity index (χ2n) is 7.43. The first kappa shape index (κ1) is 19.7. The first-order valence-electron chi connectivity index (χ1n) is 9.32. The maximum atomic E-state index is 12.3. The second kappa shape index (κ2) is 7.92. The van der Waals surface area contributed by atoms with Gasteiger partial charge in [-0.05, 0) is 68.1 Å². The van der Waals surface area contributed by atoms with Crippen molar-refractivity contribution in [1.29, 1.82) is 0 Å². The second-order valence-corrected chi connectivity index (χ2v) is 7.43.